The van der Waals surface area contributed by atoms with Crippen molar-refractivity contribution < 1.29 is 4.74 Å². The average Bonchev–Trinajstić information content (AvgIpc) is 3.13. The third-order valence-electron chi connectivity index (χ3n) is 3.77. The van der Waals surface area contributed by atoms with Crippen molar-refractivity contribution in [3.8, 4) is 16.3 Å². The van der Waals surface area contributed by atoms with Crippen LogP contribution in [0.25, 0.3) is 10.6 Å². The van der Waals surface area contributed by atoms with Gasteiger partial charge >= 0.3 is 0 Å². The summed E-state index contributed by atoms with van der Waals surface area (Å²) in [5, 5.41) is 1.05. The van der Waals surface area contributed by atoms with Gasteiger partial charge in [-0.15, -0.1) is 11.3 Å². The van der Waals surface area contributed by atoms with Crippen LogP contribution in [0.4, 0.5) is 0 Å². The number of ether oxygens (including phenoxy) is 1. The summed E-state index contributed by atoms with van der Waals surface area (Å²) in [6.07, 6.45) is 6.51. The van der Waals surface area contributed by atoms with E-state index in [1.807, 2.05) is 12.1 Å². The van der Waals surface area contributed by atoms with Crippen molar-refractivity contribution in [1.29, 1.82) is 0 Å². The predicted octanol–water partition coefficient (Wildman–Crippen LogP) is 3.81. The molecule has 0 N–H and O–H groups in total. The Bertz CT molecular complexity index is 648. The van der Waals surface area contributed by atoms with Crippen molar-refractivity contribution >= 4 is 11.3 Å². The van der Waals surface area contributed by atoms with Crippen LogP contribution < -0.4 is 4.74 Å². The van der Waals surface area contributed by atoms with Crippen LogP contribution in [0.2, 0.25) is 0 Å². The van der Waals surface area contributed by atoms with Crippen molar-refractivity contribution in [1.82, 2.24) is 9.88 Å². The van der Waals surface area contributed by atoms with E-state index in [0.29, 0.717) is 0 Å². The minimum Gasteiger partial charge on any atom is -0.497 e. The summed E-state index contributed by atoms with van der Waals surface area (Å²) in [6.45, 7) is 3.03. The molecule has 1 aromatic carbocycles. The summed E-state index contributed by atoms with van der Waals surface area (Å²) in [5.41, 5.74) is 2.22. The van der Waals surface area contributed by atoms with Gasteiger partial charge in [0.1, 0.15) is 10.8 Å². The fourth-order valence-corrected chi connectivity index (χ4v) is 3.79. The maximum Gasteiger partial charge on any atom is 0.123 e. The van der Waals surface area contributed by atoms with Gasteiger partial charge in [0, 0.05) is 28.8 Å². The zero-order chi connectivity index (χ0) is 16.4. The molecule has 23 heavy (non-hydrogen) atoms. The Balaban J connectivity index is 1.85. The smallest absolute Gasteiger partial charge is 0.123 e. The van der Waals surface area contributed by atoms with Crippen LogP contribution in [0.5, 0.6) is 5.75 Å². The molecule has 0 atom stereocenters. The Hall–Kier alpha value is -1.39. The van der Waals surface area contributed by atoms with Gasteiger partial charge in [0.2, 0.25) is 0 Å². The lowest BCUT2D eigenvalue weighted by Crippen LogP contribution is -2.22. The lowest BCUT2D eigenvalue weighted by atomic mass is 9.93. The van der Waals surface area contributed by atoms with Gasteiger partial charge in [-0.25, -0.2) is 4.98 Å². The second kappa shape index (κ2) is 7.02. The molecular formula is C19H21N2OS. The summed E-state index contributed by atoms with van der Waals surface area (Å²) >= 11 is 1.75. The molecule has 119 valence electrons. The predicted molar refractivity (Wildman–Crippen MR) is 95.9 cm³/mol. The van der Waals surface area contributed by atoms with Crippen LogP contribution in [-0.4, -0.2) is 37.6 Å². The van der Waals surface area contributed by atoms with Gasteiger partial charge in [-0.1, -0.05) is 0 Å². The van der Waals surface area contributed by atoms with E-state index in [-0.39, 0.29) is 0 Å². The molecule has 1 fully saturated rings. The Morgan fingerprint density at radius 3 is 2.52 bits per heavy atom. The van der Waals surface area contributed by atoms with E-state index in [1.165, 1.54) is 16.7 Å². The molecule has 0 unspecified atom stereocenters. The highest BCUT2D eigenvalue weighted by Crippen LogP contribution is 2.43. The molecule has 1 saturated carbocycles. The van der Waals surface area contributed by atoms with Crippen LogP contribution in [0.15, 0.2) is 24.3 Å². The van der Waals surface area contributed by atoms with Gasteiger partial charge in [0.25, 0.3) is 0 Å². The Morgan fingerprint density at radius 1 is 1.13 bits per heavy atom. The molecule has 3 nitrogen and oxygen atoms in total. The standard InChI is InChI=1S/C19H21N2OS/c1-13-18(17-7-5-6-15(17)12-21(2)3)23-19(20-13)14-8-10-16(22-4)11-9-14/h5-11H,12H2,1-4H3. The Labute approximate surface area is 143 Å². The van der Waals surface area contributed by atoms with Gasteiger partial charge in [0.05, 0.1) is 12.8 Å². The minimum atomic E-state index is 0.867. The molecule has 5 radical (unpaired) electrons. The van der Waals surface area contributed by atoms with Crippen LogP contribution in [-0.2, 0) is 0 Å². The molecule has 0 bridgehead atoms. The Kier molecular flexibility index (Phi) is 5.02. The highest BCUT2D eigenvalue weighted by Gasteiger charge is 2.33. The maximum absolute atomic E-state index is 5.22. The SMILES string of the molecule is COc1ccc(-c2nc(C)c([C]3[CH][CH][CH][C]3CN(C)C)s2)cc1. The molecule has 0 aliphatic heterocycles. The highest BCUT2D eigenvalue weighted by atomic mass is 32.1. The first-order valence-electron chi connectivity index (χ1n) is 7.60. The average molecular weight is 325 g/mol. The van der Waals surface area contributed by atoms with Gasteiger partial charge in [-0.2, -0.15) is 0 Å². The summed E-state index contributed by atoms with van der Waals surface area (Å²) in [4.78, 5) is 8.23. The molecule has 1 aromatic heterocycles. The number of benzene rings is 1. The maximum atomic E-state index is 5.22. The Morgan fingerprint density at radius 2 is 1.87 bits per heavy atom. The topological polar surface area (TPSA) is 25.4 Å². The van der Waals surface area contributed by atoms with E-state index in [9.17, 15) is 0 Å². The first-order valence-corrected chi connectivity index (χ1v) is 8.41. The van der Waals surface area contributed by atoms with E-state index in [4.69, 9.17) is 9.72 Å². The third kappa shape index (κ3) is 3.59. The highest BCUT2D eigenvalue weighted by molar-refractivity contribution is 7.15. The normalized spacial score (nSPS) is 16.4. The number of hydrogen-bond acceptors (Lipinski definition) is 4. The molecule has 1 heterocycles. The van der Waals surface area contributed by atoms with E-state index in [1.54, 1.807) is 18.4 Å². The summed E-state index contributed by atoms with van der Waals surface area (Å²) in [6, 6.07) is 8.08. The van der Waals surface area contributed by atoms with Gasteiger partial charge < -0.3 is 9.64 Å². The van der Waals surface area contributed by atoms with Gasteiger partial charge in [-0.05, 0) is 64.5 Å². The van der Waals surface area contributed by atoms with E-state index in [0.717, 1.165) is 28.6 Å². The largest absolute Gasteiger partial charge is 0.497 e. The van der Waals surface area contributed by atoms with Crippen molar-refractivity contribution in [3.05, 3.63) is 65.9 Å². The first-order chi connectivity index (χ1) is 11.1. The van der Waals surface area contributed by atoms with Crippen molar-refractivity contribution in [3.63, 3.8) is 0 Å². The van der Waals surface area contributed by atoms with Crippen LogP contribution in [0.3, 0.4) is 0 Å². The second-order valence-corrected chi connectivity index (χ2v) is 6.86. The monoisotopic (exact) mass is 325 g/mol. The fourth-order valence-electron chi connectivity index (χ4n) is 2.66. The fraction of sp³-hybridized carbons (Fsp3) is 0.263. The number of rotatable bonds is 5. The number of methoxy groups -OCH3 is 1. The van der Waals surface area contributed by atoms with Crippen LogP contribution >= 0.6 is 11.3 Å². The summed E-state index contributed by atoms with van der Waals surface area (Å²) in [7, 11) is 5.88. The molecular weight excluding hydrogens is 304 g/mol. The summed E-state index contributed by atoms with van der Waals surface area (Å²) in [5.74, 6) is 3.52. The van der Waals surface area contributed by atoms with Crippen LogP contribution in [0.1, 0.15) is 10.6 Å². The van der Waals surface area contributed by atoms with E-state index >= 15 is 0 Å². The summed E-state index contributed by atoms with van der Waals surface area (Å²) < 4.78 is 5.22. The molecule has 0 amide bonds. The zero-order valence-electron chi connectivity index (χ0n) is 14.0. The third-order valence-corrected chi connectivity index (χ3v) is 5.01. The van der Waals surface area contributed by atoms with Gasteiger partial charge in [-0.3, -0.25) is 0 Å². The first kappa shape index (κ1) is 16.5. The van der Waals surface area contributed by atoms with Crippen molar-refractivity contribution in [2.45, 2.75) is 6.92 Å². The molecule has 3 rings (SSSR count). The van der Waals surface area contributed by atoms with E-state index in [2.05, 4.69) is 57.3 Å². The molecule has 1 aliphatic rings. The number of nitrogens with zero attached hydrogens (tertiary/aromatic N) is 2. The molecule has 0 saturated heterocycles. The van der Waals surface area contributed by atoms with Crippen molar-refractivity contribution in [2.75, 3.05) is 27.7 Å². The molecule has 0 spiro atoms. The molecule has 4 heteroatoms. The van der Waals surface area contributed by atoms with E-state index < -0.39 is 0 Å². The number of hydrogen-bond donors (Lipinski definition) is 0. The van der Waals surface area contributed by atoms with Crippen LogP contribution in [0, 0.1) is 38.0 Å². The zero-order valence-corrected chi connectivity index (χ0v) is 14.8. The molecule has 1 aliphatic carbocycles. The lowest BCUT2D eigenvalue weighted by Gasteiger charge is -2.21. The minimum absolute atomic E-state index is 0.867. The van der Waals surface area contributed by atoms with Crippen molar-refractivity contribution in [2.24, 2.45) is 0 Å². The number of aryl methyl sites for hydroxylation is 1. The lowest BCUT2D eigenvalue weighted by molar-refractivity contribution is 0.415. The second-order valence-electron chi connectivity index (χ2n) is 5.86. The number of thiazole rings is 1. The quantitative estimate of drug-likeness (QED) is 0.836. The number of aromatic nitrogens is 1. The molecule has 2 aromatic rings. The van der Waals surface area contributed by atoms with Gasteiger partial charge in [0.15, 0.2) is 0 Å².